The van der Waals surface area contributed by atoms with Gasteiger partial charge in [0.15, 0.2) is 0 Å². The van der Waals surface area contributed by atoms with Crippen LogP contribution in [-0.2, 0) is 4.79 Å². The molecule has 1 aliphatic rings. The molecular formula is C13H23N3O. The van der Waals surface area contributed by atoms with E-state index in [0.717, 1.165) is 45.2 Å². The van der Waals surface area contributed by atoms with Gasteiger partial charge in [0.2, 0.25) is 5.91 Å². The van der Waals surface area contributed by atoms with Crippen LogP contribution in [0, 0.1) is 16.7 Å². The van der Waals surface area contributed by atoms with Crippen molar-refractivity contribution in [2.45, 2.75) is 45.4 Å². The van der Waals surface area contributed by atoms with Gasteiger partial charge in [-0.3, -0.25) is 4.79 Å². The number of hydrogen-bond acceptors (Lipinski definition) is 3. The third-order valence-corrected chi connectivity index (χ3v) is 3.45. The summed E-state index contributed by atoms with van der Waals surface area (Å²) in [6.07, 6.45) is 5.31. The summed E-state index contributed by atoms with van der Waals surface area (Å²) in [7, 11) is 0. The minimum absolute atomic E-state index is 0.177. The molecule has 0 aromatic heterocycles. The number of nitrogens with one attached hydrogen (secondary N) is 2. The number of amides is 1. The Morgan fingerprint density at radius 2 is 2.35 bits per heavy atom. The standard InChI is InChI=1S/C13H23N3O/c1-2-6-13(7-10-15-11-13)12(17)16-9-5-3-4-8-14/h15H,2-7,9-11H2,1H3,(H,16,17). The smallest absolute Gasteiger partial charge is 0.227 e. The van der Waals surface area contributed by atoms with Crippen molar-refractivity contribution in [1.82, 2.24) is 10.6 Å². The zero-order valence-electron chi connectivity index (χ0n) is 10.7. The fourth-order valence-corrected chi connectivity index (χ4v) is 2.46. The number of nitrogens with zero attached hydrogens (tertiary/aromatic N) is 1. The molecule has 1 heterocycles. The van der Waals surface area contributed by atoms with Crippen LogP contribution in [0.5, 0.6) is 0 Å². The van der Waals surface area contributed by atoms with E-state index in [2.05, 4.69) is 23.6 Å². The normalized spacial score (nSPS) is 23.3. The van der Waals surface area contributed by atoms with Gasteiger partial charge >= 0.3 is 0 Å². The van der Waals surface area contributed by atoms with Crippen molar-refractivity contribution in [1.29, 1.82) is 5.26 Å². The second kappa shape index (κ2) is 7.29. The minimum atomic E-state index is -0.177. The van der Waals surface area contributed by atoms with Gasteiger partial charge in [-0.05, 0) is 32.2 Å². The Labute approximate surface area is 104 Å². The number of unbranched alkanes of at least 4 members (excludes halogenated alkanes) is 2. The third-order valence-electron chi connectivity index (χ3n) is 3.45. The van der Waals surface area contributed by atoms with Gasteiger partial charge in [-0.15, -0.1) is 0 Å². The first-order valence-electron chi connectivity index (χ1n) is 6.61. The van der Waals surface area contributed by atoms with E-state index in [9.17, 15) is 4.79 Å². The molecule has 4 nitrogen and oxygen atoms in total. The first-order valence-corrected chi connectivity index (χ1v) is 6.61. The third kappa shape index (κ3) is 4.01. The number of carbonyl (C=O) groups excluding carboxylic acids is 1. The van der Waals surface area contributed by atoms with Gasteiger partial charge in [0.1, 0.15) is 0 Å². The predicted molar refractivity (Wildman–Crippen MR) is 67.3 cm³/mol. The highest BCUT2D eigenvalue weighted by atomic mass is 16.2. The highest BCUT2D eigenvalue weighted by molar-refractivity contribution is 5.83. The lowest BCUT2D eigenvalue weighted by molar-refractivity contribution is -0.130. The van der Waals surface area contributed by atoms with Crippen LogP contribution in [0.2, 0.25) is 0 Å². The second-order valence-electron chi connectivity index (χ2n) is 4.83. The van der Waals surface area contributed by atoms with E-state index in [1.165, 1.54) is 0 Å². The summed E-state index contributed by atoms with van der Waals surface area (Å²) >= 11 is 0. The molecule has 1 aliphatic heterocycles. The van der Waals surface area contributed by atoms with Gasteiger partial charge in [0.25, 0.3) is 0 Å². The van der Waals surface area contributed by atoms with E-state index in [1.807, 2.05) is 0 Å². The van der Waals surface area contributed by atoms with Crippen LogP contribution in [0.15, 0.2) is 0 Å². The maximum Gasteiger partial charge on any atom is 0.227 e. The molecule has 1 rings (SSSR count). The lowest BCUT2D eigenvalue weighted by Crippen LogP contribution is -2.42. The van der Waals surface area contributed by atoms with Gasteiger partial charge in [-0.2, -0.15) is 5.26 Å². The fourth-order valence-electron chi connectivity index (χ4n) is 2.46. The van der Waals surface area contributed by atoms with E-state index in [-0.39, 0.29) is 11.3 Å². The van der Waals surface area contributed by atoms with E-state index in [1.54, 1.807) is 0 Å². The molecule has 4 heteroatoms. The van der Waals surface area contributed by atoms with Crippen molar-refractivity contribution in [2.24, 2.45) is 5.41 Å². The zero-order chi connectivity index (χ0) is 12.6. The Morgan fingerprint density at radius 1 is 1.53 bits per heavy atom. The average molecular weight is 237 g/mol. The van der Waals surface area contributed by atoms with E-state index in [4.69, 9.17) is 5.26 Å². The second-order valence-corrected chi connectivity index (χ2v) is 4.83. The Balaban J connectivity index is 2.31. The van der Waals surface area contributed by atoms with Crippen molar-refractivity contribution < 1.29 is 4.79 Å². The van der Waals surface area contributed by atoms with Gasteiger partial charge in [0.05, 0.1) is 11.5 Å². The van der Waals surface area contributed by atoms with Crippen LogP contribution in [-0.4, -0.2) is 25.5 Å². The quantitative estimate of drug-likeness (QED) is 0.661. The van der Waals surface area contributed by atoms with Crippen molar-refractivity contribution in [3.8, 4) is 6.07 Å². The summed E-state index contributed by atoms with van der Waals surface area (Å²) in [6, 6.07) is 2.12. The van der Waals surface area contributed by atoms with Crippen molar-refractivity contribution in [3.63, 3.8) is 0 Å². The van der Waals surface area contributed by atoms with Crippen LogP contribution in [0.3, 0.4) is 0 Å². The molecule has 0 aromatic rings. The van der Waals surface area contributed by atoms with Crippen molar-refractivity contribution in [2.75, 3.05) is 19.6 Å². The molecular weight excluding hydrogens is 214 g/mol. The summed E-state index contributed by atoms with van der Waals surface area (Å²) < 4.78 is 0. The Morgan fingerprint density at radius 3 is 2.94 bits per heavy atom. The molecule has 1 fully saturated rings. The van der Waals surface area contributed by atoms with Crippen molar-refractivity contribution in [3.05, 3.63) is 0 Å². The van der Waals surface area contributed by atoms with Crippen LogP contribution in [0.25, 0.3) is 0 Å². The van der Waals surface area contributed by atoms with Gasteiger partial charge in [0, 0.05) is 19.5 Å². The predicted octanol–water partition coefficient (Wildman–Crippen LogP) is 1.58. The molecule has 0 aromatic carbocycles. The monoisotopic (exact) mass is 237 g/mol. The van der Waals surface area contributed by atoms with Gasteiger partial charge in [-0.25, -0.2) is 0 Å². The summed E-state index contributed by atoms with van der Waals surface area (Å²) in [5, 5.41) is 14.7. The summed E-state index contributed by atoms with van der Waals surface area (Å²) in [6.45, 7) is 4.58. The molecule has 0 bridgehead atoms. The molecule has 0 aliphatic carbocycles. The lowest BCUT2D eigenvalue weighted by atomic mass is 9.81. The maximum absolute atomic E-state index is 12.2. The highest BCUT2D eigenvalue weighted by Crippen LogP contribution is 2.31. The SMILES string of the molecule is CCCC1(C(=O)NCCCCC#N)CCNC1. The largest absolute Gasteiger partial charge is 0.356 e. The fraction of sp³-hybridized carbons (Fsp3) is 0.846. The molecule has 1 amide bonds. The Hall–Kier alpha value is -1.08. The first-order chi connectivity index (χ1) is 8.25. The number of hydrogen-bond donors (Lipinski definition) is 2. The van der Waals surface area contributed by atoms with E-state index < -0.39 is 0 Å². The molecule has 2 N–H and O–H groups in total. The van der Waals surface area contributed by atoms with Crippen LogP contribution in [0.1, 0.15) is 45.4 Å². The van der Waals surface area contributed by atoms with E-state index >= 15 is 0 Å². The molecule has 0 spiro atoms. The average Bonchev–Trinajstić information content (AvgIpc) is 2.79. The summed E-state index contributed by atoms with van der Waals surface area (Å²) in [5.41, 5.74) is -0.177. The Kier molecular flexibility index (Phi) is 5.99. The molecule has 1 atom stereocenters. The maximum atomic E-state index is 12.2. The van der Waals surface area contributed by atoms with Gasteiger partial charge in [-0.1, -0.05) is 13.3 Å². The summed E-state index contributed by atoms with van der Waals surface area (Å²) in [4.78, 5) is 12.2. The van der Waals surface area contributed by atoms with Gasteiger partial charge < -0.3 is 10.6 Å². The Bertz CT molecular complexity index is 277. The topological polar surface area (TPSA) is 64.9 Å². The van der Waals surface area contributed by atoms with Crippen LogP contribution in [0.4, 0.5) is 0 Å². The minimum Gasteiger partial charge on any atom is -0.356 e. The molecule has 0 radical (unpaired) electrons. The molecule has 0 saturated carbocycles. The zero-order valence-corrected chi connectivity index (χ0v) is 10.7. The van der Waals surface area contributed by atoms with Crippen molar-refractivity contribution >= 4 is 5.91 Å². The molecule has 1 saturated heterocycles. The number of nitriles is 1. The highest BCUT2D eigenvalue weighted by Gasteiger charge is 2.39. The van der Waals surface area contributed by atoms with E-state index in [0.29, 0.717) is 13.0 Å². The molecule has 17 heavy (non-hydrogen) atoms. The first kappa shape index (κ1) is 14.0. The lowest BCUT2D eigenvalue weighted by Gasteiger charge is -2.26. The summed E-state index contributed by atoms with van der Waals surface area (Å²) in [5.74, 6) is 0.196. The molecule has 1 unspecified atom stereocenters. The number of rotatable bonds is 7. The van der Waals surface area contributed by atoms with Crippen LogP contribution >= 0.6 is 0 Å². The van der Waals surface area contributed by atoms with Crippen LogP contribution < -0.4 is 10.6 Å². The number of carbonyl (C=O) groups is 1. The molecule has 96 valence electrons.